The number of rotatable bonds is 5. The third kappa shape index (κ3) is 4.90. The lowest BCUT2D eigenvalue weighted by molar-refractivity contribution is -0.137. The molecule has 1 aromatic rings. The zero-order valence-corrected chi connectivity index (χ0v) is 10.5. The van der Waals surface area contributed by atoms with Crippen LogP contribution in [0.2, 0.25) is 0 Å². The molecular weight excluding hydrogens is 259 g/mol. The third-order valence-electron chi connectivity index (χ3n) is 2.68. The molecule has 0 saturated carbocycles. The van der Waals surface area contributed by atoms with Crippen LogP contribution in [0, 0.1) is 0 Å². The number of benzene rings is 1. The van der Waals surface area contributed by atoms with Crippen molar-refractivity contribution in [3.05, 3.63) is 35.4 Å². The second kappa shape index (κ2) is 6.56. The third-order valence-corrected chi connectivity index (χ3v) is 2.68. The van der Waals surface area contributed by atoms with Crippen molar-refractivity contribution in [2.75, 3.05) is 6.61 Å². The minimum Gasteiger partial charge on any atom is -0.396 e. The standard InChI is InChI=1S/C13H16F3NO2/c1-9(17-12(19)3-2-8-18)10-4-6-11(7-5-10)13(14,15)16/h4-7,9,18H,2-3,8H2,1H3,(H,17,19). The average molecular weight is 275 g/mol. The van der Waals surface area contributed by atoms with Gasteiger partial charge >= 0.3 is 6.18 Å². The molecule has 1 unspecified atom stereocenters. The summed E-state index contributed by atoms with van der Waals surface area (Å²) in [7, 11) is 0. The fourth-order valence-electron chi connectivity index (χ4n) is 1.60. The van der Waals surface area contributed by atoms with Crippen molar-refractivity contribution in [3.63, 3.8) is 0 Å². The van der Waals surface area contributed by atoms with Crippen molar-refractivity contribution in [1.82, 2.24) is 5.32 Å². The predicted molar refractivity (Wildman–Crippen MR) is 64.3 cm³/mol. The summed E-state index contributed by atoms with van der Waals surface area (Å²) in [4.78, 5) is 11.4. The van der Waals surface area contributed by atoms with Gasteiger partial charge in [0.1, 0.15) is 0 Å². The van der Waals surface area contributed by atoms with Gasteiger partial charge in [-0.15, -0.1) is 0 Å². The zero-order chi connectivity index (χ0) is 14.5. The Balaban J connectivity index is 2.63. The fourth-order valence-corrected chi connectivity index (χ4v) is 1.60. The largest absolute Gasteiger partial charge is 0.416 e. The summed E-state index contributed by atoms with van der Waals surface area (Å²) in [5, 5.41) is 11.2. The average Bonchev–Trinajstić information content (AvgIpc) is 2.35. The van der Waals surface area contributed by atoms with Crippen LogP contribution in [-0.4, -0.2) is 17.6 Å². The van der Waals surface area contributed by atoms with Crippen molar-refractivity contribution in [2.24, 2.45) is 0 Å². The van der Waals surface area contributed by atoms with Crippen LogP contribution in [0.3, 0.4) is 0 Å². The van der Waals surface area contributed by atoms with Crippen molar-refractivity contribution in [2.45, 2.75) is 32.0 Å². The molecule has 0 fully saturated rings. The van der Waals surface area contributed by atoms with Crippen molar-refractivity contribution in [3.8, 4) is 0 Å². The lowest BCUT2D eigenvalue weighted by Crippen LogP contribution is -2.26. The number of halogens is 3. The van der Waals surface area contributed by atoms with Crippen LogP contribution in [0.15, 0.2) is 24.3 Å². The van der Waals surface area contributed by atoms with Gasteiger partial charge in [-0.1, -0.05) is 12.1 Å². The van der Waals surface area contributed by atoms with Crippen LogP contribution in [0.4, 0.5) is 13.2 Å². The van der Waals surface area contributed by atoms with Crippen LogP contribution >= 0.6 is 0 Å². The molecule has 0 heterocycles. The Morgan fingerprint density at radius 2 is 1.89 bits per heavy atom. The highest BCUT2D eigenvalue weighted by Crippen LogP contribution is 2.29. The maximum absolute atomic E-state index is 12.4. The molecule has 3 nitrogen and oxygen atoms in total. The van der Waals surface area contributed by atoms with Crippen LogP contribution in [0.5, 0.6) is 0 Å². The summed E-state index contributed by atoms with van der Waals surface area (Å²) in [6.45, 7) is 1.63. The Morgan fingerprint density at radius 1 is 1.32 bits per heavy atom. The van der Waals surface area contributed by atoms with Gasteiger partial charge in [0.25, 0.3) is 0 Å². The number of amides is 1. The SMILES string of the molecule is CC(NC(=O)CCCO)c1ccc(C(F)(F)F)cc1. The first kappa shape index (κ1) is 15.5. The molecule has 1 atom stereocenters. The molecule has 1 rings (SSSR count). The van der Waals surface area contributed by atoms with Gasteiger partial charge in [0.15, 0.2) is 0 Å². The van der Waals surface area contributed by atoms with Gasteiger partial charge in [-0.05, 0) is 31.0 Å². The van der Waals surface area contributed by atoms with Crippen molar-refractivity contribution < 1.29 is 23.1 Å². The molecule has 1 aromatic carbocycles. The predicted octanol–water partition coefficient (Wildman–Crippen LogP) is 2.66. The number of carbonyl (C=O) groups excluding carboxylic acids is 1. The first-order valence-corrected chi connectivity index (χ1v) is 5.92. The minimum atomic E-state index is -4.36. The summed E-state index contributed by atoms with van der Waals surface area (Å²) in [6, 6.07) is 4.31. The molecule has 0 saturated heterocycles. The Morgan fingerprint density at radius 3 is 2.37 bits per heavy atom. The number of hydrogen-bond acceptors (Lipinski definition) is 2. The van der Waals surface area contributed by atoms with E-state index in [2.05, 4.69) is 5.32 Å². The van der Waals surface area contributed by atoms with Gasteiger partial charge < -0.3 is 10.4 Å². The van der Waals surface area contributed by atoms with E-state index in [0.717, 1.165) is 12.1 Å². The molecule has 0 aliphatic carbocycles. The molecule has 0 radical (unpaired) electrons. The van der Waals surface area contributed by atoms with Crippen molar-refractivity contribution in [1.29, 1.82) is 0 Å². The number of hydrogen-bond donors (Lipinski definition) is 2. The van der Waals surface area contributed by atoms with Crippen molar-refractivity contribution >= 4 is 5.91 Å². The number of nitrogens with one attached hydrogen (secondary N) is 1. The van der Waals surface area contributed by atoms with E-state index in [-0.39, 0.29) is 25.0 Å². The molecule has 0 aliphatic heterocycles. The van der Waals surface area contributed by atoms with E-state index in [4.69, 9.17) is 5.11 Å². The van der Waals surface area contributed by atoms with Crippen LogP contribution in [-0.2, 0) is 11.0 Å². The second-order valence-electron chi connectivity index (χ2n) is 4.24. The molecule has 0 spiro atoms. The van der Waals surface area contributed by atoms with Crippen LogP contribution < -0.4 is 5.32 Å². The quantitative estimate of drug-likeness (QED) is 0.868. The molecule has 2 N–H and O–H groups in total. The lowest BCUT2D eigenvalue weighted by Gasteiger charge is -2.15. The van der Waals surface area contributed by atoms with Gasteiger partial charge in [-0.25, -0.2) is 0 Å². The number of alkyl halides is 3. The van der Waals surface area contributed by atoms with E-state index in [0.29, 0.717) is 12.0 Å². The highest BCUT2D eigenvalue weighted by atomic mass is 19.4. The lowest BCUT2D eigenvalue weighted by atomic mass is 10.1. The smallest absolute Gasteiger partial charge is 0.396 e. The van der Waals surface area contributed by atoms with Gasteiger partial charge in [0.05, 0.1) is 11.6 Å². The van der Waals surface area contributed by atoms with Crippen LogP contribution in [0.1, 0.15) is 36.9 Å². The minimum absolute atomic E-state index is 0.0674. The summed E-state index contributed by atoms with van der Waals surface area (Å²) in [5.74, 6) is -0.235. The highest BCUT2D eigenvalue weighted by Gasteiger charge is 2.30. The van der Waals surface area contributed by atoms with E-state index < -0.39 is 11.7 Å². The van der Waals surface area contributed by atoms with Gasteiger partial charge in [0.2, 0.25) is 5.91 Å². The normalized spacial score (nSPS) is 13.1. The fraction of sp³-hybridized carbons (Fsp3) is 0.462. The first-order chi connectivity index (χ1) is 8.84. The number of aliphatic hydroxyl groups excluding tert-OH is 1. The molecule has 0 aliphatic rings. The topological polar surface area (TPSA) is 49.3 Å². The molecule has 19 heavy (non-hydrogen) atoms. The van der Waals surface area contributed by atoms with E-state index >= 15 is 0 Å². The molecule has 1 amide bonds. The second-order valence-corrected chi connectivity index (χ2v) is 4.24. The van der Waals surface area contributed by atoms with E-state index in [1.165, 1.54) is 12.1 Å². The molecule has 106 valence electrons. The van der Waals surface area contributed by atoms with E-state index in [1.54, 1.807) is 6.92 Å². The molecular formula is C13H16F3NO2. The van der Waals surface area contributed by atoms with Gasteiger partial charge in [-0.3, -0.25) is 4.79 Å². The summed E-state index contributed by atoms with van der Waals surface area (Å²) < 4.78 is 37.1. The van der Waals surface area contributed by atoms with Crippen LogP contribution in [0.25, 0.3) is 0 Å². The highest BCUT2D eigenvalue weighted by molar-refractivity contribution is 5.76. The summed E-state index contributed by atoms with van der Waals surface area (Å²) >= 11 is 0. The zero-order valence-electron chi connectivity index (χ0n) is 10.5. The Labute approximate surface area is 109 Å². The van der Waals surface area contributed by atoms with Gasteiger partial charge in [-0.2, -0.15) is 13.2 Å². The molecule has 6 heteroatoms. The molecule has 0 aromatic heterocycles. The summed E-state index contributed by atoms with van der Waals surface area (Å²) in [6.07, 6.45) is -3.79. The Hall–Kier alpha value is -1.56. The Kier molecular flexibility index (Phi) is 5.35. The summed E-state index contributed by atoms with van der Waals surface area (Å²) in [5.41, 5.74) is -0.111. The van der Waals surface area contributed by atoms with E-state index in [1.807, 2.05) is 0 Å². The molecule has 0 bridgehead atoms. The van der Waals surface area contributed by atoms with E-state index in [9.17, 15) is 18.0 Å². The van der Waals surface area contributed by atoms with Gasteiger partial charge in [0, 0.05) is 13.0 Å². The number of aliphatic hydroxyl groups is 1. The first-order valence-electron chi connectivity index (χ1n) is 5.92. The monoisotopic (exact) mass is 275 g/mol. The Bertz CT molecular complexity index is 415. The maximum atomic E-state index is 12.4. The maximum Gasteiger partial charge on any atom is 0.416 e. The number of carbonyl (C=O) groups is 1.